The maximum atomic E-state index is 12.7. The van der Waals surface area contributed by atoms with E-state index in [2.05, 4.69) is 10.6 Å². The van der Waals surface area contributed by atoms with Crippen LogP contribution in [0.25, 0.3) is 0 Å². The van der Waals surface area contributed by atoms with E-state index < -0.39 is 6.04 Å². The minimum absolute atomic E-state index is 0.119. The molecular weight excluding hydrogens is 346 g/mol. The zero-order chi connectivity index (χ0) is 19.0. The predicted octanol–water partition coefficient (Wildman–Crippen LogP) is 0.841. The number of benzene rings is 1. The van der Waals surface area contributed by atoms with Gasteiger partial charge in [0.15, 0.2) is 0 Å². The van der Waals surface area contributed by atoms with Crippen molar-refractivity contribution in [2.45, 2.75) is 69.8 Å². The number of aliphatic hydroxyl groups excluding tert-OH is 1. The molecule has 3 aliphatic rings. The minimum atomic E-state index is -0.582. The Morgan fingerprint density at radius 2 is 1.96 bits per heavy atom. The molecule has 1 saturated heterocycles. The summed E-state index contributed by atoms with van der Waals surface area (Å²) in [5, 5.41) is 15.8. The first-order valence-corrected chi connectivity index (χ1v) is 9.71. The molecule has 0 radical (unpaired) electrons. The summed E-state index contributed by atoms with van der Waals surface area (Å²) in [6, 6.07) is 5.28. The van der Waals surface area contributed by atoms with Crippen LogP contribution in [0.4, 0.5) is 0 Å². The van der Waals surface area contributed by atoms with Gasteiger partial charge in [0.25, 0.3) is 5.91 Å². The van der Waals surface area contributed by atoms with Gasteiger partial charge in [-0.15, -0.1) is 0 Å². The fourth-order valence-corrected chi connectivity index (χ4v) is 4.34. The number of nitrogens with one attached hydrogen (secondary N) is 2. The molecule has 1 aromatic carbocycles. The van der Waals surface area contributed by atoms with Gasteiger partial charge in [0, 0.05) is 31.1 Å². The smallest absolute Gasteiger partial charge is 0.255 e. The van der Waals surface area contributed by atoms with Gasteiger partial charge in [-0.25, -0.2) is 0 Å². The molecule has 4 rings (SSSR count). The van der Waals surface area contributed by atoms with Crippen LogP contribution in [0.5, 0.6) is 0 Å². The Balaban J connectivity index is 1.43. The molecule has 144 valence electrons. The summed E-state index contributed by atoms with van der Waals surface area (Å²) in [6.45, 7) is 1.03. The highest BCUT2D eigenvalue weighted by atomic mass is 16.3. The predicted molar refractivity (Wildman–Crippen MR) is 97.6 cm³/mol. The molecule has 0 bridgehead atoms. The quantitative estimate of drug-likeness (QED) is 0.682. The Kier molecular flexibility index (Phi) is 4.97. The van der Waals surface area contributed by atoms with E-state index in [0.717, 1.165) is 36.8 Å². The van der Waals surface area contributed by atoms with Gasteiger partial charge in [-0.3, -0.25) is 19.7 Å². The number of imide groups is 1. The number of carbonyl (C=O) groups is 3. The molecule has 2 aliphatic heterocycles. The van der Waals surface area contributed by atoms with E-state index in [0.29, 0.717) is 25.1 Å². The summed E-state index contributed by atoms with van der Waals surface area (Å²) in [7, 11) is 0. The van der Waals surface area contributed by atoms with E-state index in [-0.39, 0.29) is 36.3 Å². The van der Waals surface area contributed by atoms with Gasteiger partial charge in [-0.05, 0) is 36.5 Å². The number of fused-ring (bicyclic) bond motifs is 1. The lowest BCUT2D eigenvalue weighted by molar-refractivity contribution is -0.136. The molecule has 1 unspecified atom stereocenters. The number of hydrogen-bond donors (Lipinski definition) is 3. The Bertz CT molecular complexity index is 778. The van der Waals surface area contributed by atoms with Crippen molar-refractivity contribution in [2.75, 3.05) is 0 Å². The fraction of sp³-hybridized carbons (Fsp3) is 0.550. The van der Waals surface area contributed by atoms with Crippen LogP contribution in [0, 0.1) is 0 Å². The standard InChI is InChI=1S/C20H25N3O4/c24-17-4-2-1-3-15(17)21-10-12-5-6-14-13(9-12)11-23(20(14)27)16-7-8-18(25)22-19(16)26/h5-6,9,15-17,21,24H,1-4,7-8,10-11H2,(H,22,25,26)/t15-,16?,17+/m1/s1. The van der Waals surface area contributed by atoms with Crippen LogP contribution in [-0.2, 0) is 22.7 Å². The Morgan fingerprint density at radius 3 is 2.74 bits per heavy atom. The Hall–Kier alpha value is -2.25. The van der Waals surface area contributed by atoms with Gasteiger partial charge < -0.3 is 15.3 Å². The third-order valence-electron chi connectivity index (χ3n) is 5.89. The molecular formula is C20H25N3O4. The highest BCUT2D eigenvalue weighted by Gasteiger charge is 2.39. The van der Waals surface area contributed by atoms with Gasteiger partial charge in [-0.1, -0.05) is 25.0 Å². The van der Waals surface area contributed by atoms with Gasteiger partial charge in [0.2, 0.25) is 11.8 Å². The fourth-order valence-electron chi connectivity index (χ4n) is 4.34. The zero-order valence-electron chi connectivity index (χ0n) is 15.2. The summed E-state index contributed by atoms with van der Waals surface area (Å²) in [6.07, 6.45) is 4.38. The van der Waals surface area contributed by atoms with E-state index in [1.54, 1.807) is 4.90 Å². The molecule has 2 heterocycles. The number of piperidine rings is 1. The monoisotopic (exact) mass is 371 g/mol. The second-order valence-corrected chi connectivity index (χ2v) is 7.73. The number of rotatable bonds is 4. The third kappa shape index (κ3) is 3.61. The van der Waals surface area contributed by atoms with Gasteiger partial charge in [0.1, 0.15) is 6.04 Å². The Labute approximate surface area is 158 Å². The average molecular weight is 371 g/mol. The van der Waals surface area contributed by atoms with Crippen molar-refractivity contribution in [3.05, 3.63) is 34.9 Å². The molecule has 0 aromatic heterocycles. The van der Waals surface area contributed by atoms with Crippen molar-refractivity contribution in [2.24, 2.45) is 0 Å². The van der Waals surface area contributed by atoms with Crippen LogP contribution in [0.3, 0.4) is 0 Å². The van der Waals surface area contributed by atoms with Crippen LogP contribution < -0.4 is 10.6 Å². The first kappa shape index (κ1) is 18.1. The van der Waals surface area contributed by atoms with Crippen molar-refractivity contribution in [3.63, 3.8) is 0 Å². The lowest BCUT2D eigenvalue weighted by Gasteiger charge is -2.29. The molecule has 7 nitrogen and oxygen atoms in total. The number of carbonyl (C=O) groups excluding carboxylic acids is 3. The van der Waals surface area contributed by atoms with Crippen molar-refractivity contribution in [1.82, 2.24) is 15.5 Å². The largest absolute Gasteiger partial charge is 0.392 e. The lowest BCUT2D eigenvalue weighted by Crippen LogP contribution is -2.52. The maximum absolute atomic E-state index is 12.7. The molecule has 1 saturated carbocycles. The van der Waals surface area contributed by atoms with E-state index in [1.807, 2.05) is 18.2 Å². The average Bonchev–Trinajstić information content (AvgIpc) is 2.97. The minimum Gasteiger partial charge on any atom is -0.392 e. The van der Waals surface area contributed by atoms with Crippen molar-refractivity contribution in [3.8, 4) is 0 Å². The van der Waals surface area contributed by atoms with Crippen molar-refractivity contribution >= 4 is 17.7 Å². The number of amides is 3. The van der Waals surface area contributed by atoms with Crippen LogP contribution >= 0.6 is 0 Å². The lowest BCUT2D eigenvalue weighted by atomic mass is 9.92. The van der Waals surface area contributed by atoms with Crippen LogP contribution in [0.2, 0.25) is 0 Å². The first-order chi connectivity index (χ1) is 13.0. The highest BCUT2D eigenvalue weighted by molar-refractivity contribution is 6.05. The van der Waals surface area contributed by atoms with E-state index in [4.69, 9.17) is 0 Å². The molecule has 1 aromatic rings. The summed E-state index contributed by atoms with van der Waals surface area (Å²) < 4.78 is 0. The van der Waals surface area contributed by atoms with Crippen LogP contribution in [0.15, 0.2) is 18.2 Å². The number of aliphatic hydroxyl groups is 1. The molecule has 27 heavy (non-hydrogen) atoms. The van der Waals surface area contributed by atoms with Crippen molar-refractivity contribution in [1.29, 1.82) is 0 Å². The number of nitrogens with zero attached hydrogens (tertiary/aromatic N) is 1. The molecule has 0 spiro atoms. The zero-order valence-corrected chi connectivity index (χ0v) is 15.2. The second-order valence-electron chi connectivity index (χ2n) is 7.73. The molecule has 3 atom stereocenters. The summed E-state index contributed by atoms with van der Waals surface area (Å²) in [5.74, 6) is -0.819. The van der Waals surface area contributed by atoms with E-state index in [9.17, 15) is 19.5 Å². The molecule has 2 fully saturated rings. The van der Waals surface area contributed by atoms with Crippen LogP contribution in [0.1, 0.15) is 60.0 Å². The molecule has 1 aliphatic carbocycles. The third-order valence-corrected chi connectivity index (χ3v) is 5.89. The van der Waals surface area contributed by atoms with Crippen molar-refractivity contribution < 1.29 is 19.5 Å². The number of hydrogen-bond acceptors (Lipinski definition) is 5. The first-order valence-electron chi connectivity index (χ1n) is 9.71. The molecule has 3 N–H and O–H groups in total. The van der Waals surface area contributed by atoms with Crippen LogP contribution in [-0.4, -0.2) is 45.9 Å². The molecule has 3 amide bonds. The van der Waals surface area contributed by atoms with E-state index >= 15 is 0 Å². The van der Waals surface area contributed by atoms with E-state index in [1.165, 1.54) is 0 Å². The summed E-state index contributed by atoms with van der Waals surface area (Å²) in [5.41, 5.74) is 2.60. The normalized spacial score (nSPS) is 28.3. The van der Waals surface area contributed by atoms with Gasteiger partial charge in [0.05, 0.1) is 6.10 Å². The second kappa shape index (κ2) is 7.40. The maximum Gasteiger partial charge on any atom is 0.255 e. The summed E-state index contributed by atoms with van der Waals surface area (Å²) >= 11 is 0. The Morgan fingerprint density at radius 1 is 1.15 bits per heavy atom. The highest BCUT2D eigenvalue weighted by Crippen LogP contribution is 2.28. The summed E-state index contributed by atoms with van der Waals surface area (Å²) in [4.78, 5) is 37.7. The SMILES string of the molecule is O=C1CCC(N2Cc3cc(CN[C@@H]4CCCC[C@@H]4O)ccc3C2=O)C(=O)N1. The van der Waals surface area contributed by atoms with Gasteiger partial charge >= 0.3 is 0 Å². The van der Waals surface area contributed by atoms with Gasteiger partial charge in [-0.2, -0.15) is 0 Å². The molecule has 7 heteroatoms. The topological polar surface area (TPSA) is 98.7 Å².